The van der Waals surface area contributed by atoms with Crippen molar-refractivity contribution >= 4 is 0 Å². The van der Waals surface area contributed by atoms with Gasteiger partial charge >= 0.3 is 0 Å². The predicted molar refractivity (Wildman–Crippen MR) is 24.6 cm³/mol. The van der Waals surface area contributed by atoms with Gasteiger partial charge in [-0.1, -0.05) is 0 Å². The van der Waals surface area contributed by atoms with Crippen molar-refractivity contribution in [3.05, 3.63) is 0 Å². The predicted octanol–water partition coefficient (Wildman–Crippen LogP) is 0.267. The molecule has 3 heteroatoms. The molecule has 0 fully saturated rings. The van der Waals surface area contributed by atoms with E-state index in [1.54, 1.807) is 13.8 Å². The lowest BCUT2D eigenvalue weighted by atomic mass is 10.1. The monoisotopic (exact) mass is 100 g/mol. The van der Waals surface area contributed by atoms with E-state index in [0.717, 1.165) is 0 Å². The summed E-state index contributed by atoms with van der Waals surface area (Å²) in [7, 11) is 0. The topological polar surface area (TPSA) is 56.0 Å². The Kier molecular flexibility index (Phi) is 1.75. The van der Waals surface area contributed by atoms with Gasteiger partial charge in [0, 0.05) is 0 Å². The van der Waals surface area contributed by atoms with Crippen molar-refractivity contribution in [2.75, 3.05) is 0 Å². The van der Waals surface area contributed by atoms with Crippen molar-refractivity contribution in [3.8, 4) is 6.07 Å². The maximum Gasteiger partial charge on any atom is 0.123 e. The van der Waals surface area contributed by atoms with Crippen LogP contribution >= 0.6 is 0 Å². The molecule has 0 bridgehead atoms. The molecule has 0 aliphatic heterocycles. The van der Waals surface area contributed by atoms with Gasteiger partial charge < -0.3 is 5.21 Å². The summed E-state index contributed by atoms with van der Waals surface area (Å²) in [5, 5.41) is 16.2. The normalized spacial score (nSPS) is 10.6. The third kappa shape index (κ3) is 2.15. The minimum absolute atomic E-state index is 0.806. The molecule has 0 aromatic carbocycles. The Morgan fingerprint density at radius 2 is 2.14 bits per heavy atom. The Balaban J connectivity index is 3.66. The fraction of sp³-hybridized carbons (Fsp3) is 0.750. The molecule has 0 spiro atoms. The van der Waals surface area contributed by atoms with Gasteiger partial charge in [-0.05, 0) is 13.8 Å². The van der Waals surface area contributed by atoms with Crippen molar-refractivity contribution in [3.63, 3.8) is 0 Å². The quantitative estimate of drug-likeness (QED) is 0.465. The van der Waals surface area contributed by atoms with E-state index in [1.807, 2.05) is 11.5 Å². The summed E-state index contributed by atoms with van der Waals surface area (Å²) in [6.07, 6.45) is 0. The first kappa shape index (κ1) is 6.41. The van der Waals surface area contributed by atoms with Crippen LogP contribution in [0.3, 0.4) is 0 Å². The van der Waals surface area contributed by atoms with Gasteiger partial charge in [-0.25, -0.2) is 0 Å². The Morgan fingerprint density at radius 1 is 1.71 bits per heavy atom. The fourth-order valence-electron chi connectivity index (χ4n) is 0.0250. The van der Waals surface area contributed by atoms with Crippen LogP contribution in [0.5, 0.6) is 0 Å². The second-order valence-corrected chi connectivity index (χ2v) is 1.85. The van der Waals surface area contributed by atoms with Gasteiger partial charge in [0.15, 0.2) is 0 Å². The average molecular weight is 100 g/mol. The fourth-order valence-corrected chi connectivity index (χ4v) is 0.0250. The number of rotatable bonds is 1. The summed E-state index contributed by atoms with van der Waals surface area (Å²) in [4.78, 5) is 0. The second-order valence-electron chi connectivity index (χ2n) is 1.85. The molecule has 7 heavy (non-hydrogen) atoms. The number of nitrogens with one attached hydrogen (secondary N) is 1. The van der Waals surface area contributed by atoms with Gasteiger partial charge in [-0.3, -0.25) is 0 Å². The highest BCUT2D eigenvalue weighted by Crippen LogP contribution is 1.94. The maximum absolute atomic E-state index is 8.12. The molecule has 3 nitrogen and oxygen atoms in total. The average Bonchev–Trinajstić information content (AvgIpc) is 1.68. The highest BCUT2D eigenvalue weighted by atomic mass is 16.5. The third-order valence-electron chi connectivity index (χ3n) is 0.559. The minimum atomic E-state index is -0.806. The van der Waals surface area contributed by atoms with E-state index in [-0.39, 0.29) is 0 Å². The van der Waals surface area contributed by atoms with Crippen LogP contribution in [0.15, 0.2) is 0 Å². The zero-order valence-electron chi connectivity index (χ0n) is 4.39. The zero-order valence-corrected chi connectivity index (χ0v) is 4.39. The smallest absolute Gasteiger partial charge is 0.123 e. The van der Waals surface area contributed by atoms with Crippen LogP contribution in [0.1, 0.15) is 13.8 Å². The number of nitriles is 1. The lowest BCUT2D eigenvalue weighted by Crippen LogP contribution is -2.34. The largest absolute Gasteiger partial charge is 0.315 e. The van der Waals surface area contributed by atoms with E-state index in [0.29, 0.717) is 0 Å². The van der Waals surface area contributed by atoms with Gasteiger partial charge in [0.2, 0.25) is 0 Å². The summed E-state index contributed by atoms with van der Waals surface area (Å²) >= 11 is 0. The number of nitrogens with zero attached hydrogens (tertiary/aromatic N) is 1. The SMILES string of the molecule is CC(C)(C#N)NO. The van der Waals surface area contributed by atoms with E-state index in [9.17, 15) is 0 Å². The molecule has 0 amide bonds. The first-order valence-corrected chi connectivity index (χ1v) is 1.95. The molecule has 0 unspecified atom stereocenters. The van der Waals surface area contributed by atoms with Crippen LogP contribution < -0.4 is 5.48 Å². The van der Waals surface area contributed by atoms with E-state index in [1.165, 1.54) is 0 Å². The van der Waals surface area contributed by atoms with Crippen LogP contribution in [0.2, 0.25) is 0 Å². The number of hydrogen-bond donors (Lipinski definition) is 2. The summed E-state index contributed by atoms with van der Waals surface area (Å²) in [6, 6.07) is 1.83. The Morgan fingerprint density at radius 3 is 2.14 bits per heavy atom. The molecule has 0 aliphatic carbocycles. The van der Waals surface area contributed by atoms with Gasteiger partial charge in [0.05, 0.1) is 6.07 Å². The standard InChI is InChI=1S/C4H8N2O/c1-4(2,3-5)6-7/h6-7H,1-2H3. The first-order valence-electron chi connectivity index (χ1n) is 1.95. The van der Waals surface area contributed by atoms with E-state index in [4.69, 9.17) is 10.5 Å². The summed E-state index contributed by atoms with van der Waals surface area (Å²) in [5.41, 5.74) is 1.02. The lowest BCUT2D eigenvalue weighted by molar-refractivity contribution is 0.110. The van der Waals surface area contributed by atoms with Crippen molar-refractivity contribution in [1.82, 2.24) is 5.48 Å². The van der Waals surface area contributed by atoms with Crippen LogP contribution in [0.25, 0.3) is 0 Å². The molecule has 2 N–H and O–H groups in total. The molecule has 0 aromatic rings. The summed E-state index contributed by atoms with van der Waals surface area (Å²) in [5.74, 6) is 0. The van der Waals surface area contributed by atoms with E-state index in [2.05, 4.69) is 0 Å². The molecule has 0 rings (SSSR count). The molecule has 0 saturated carbocycles. The van der Waals surface area contributed by atoms with Crippen LogP contribution in [-0.2, 0) is 0 Å². The Labute approximate surface area is 42.5 Å². The van der Waals surface area contributed by atoms with E-state index >= 15 is 0 Å². The minimum Gasteiger partial charge on any atom is -0.315 e. The van der Waals surface area contributed by atoms with Gasteiger partial charge in [-0.15, -0.1) is 0 Å². The Hall–Kier alpha value is -0.590. The number of hydroxylamine groups is 1. The summed E-state index contributed by atoms with van der Waals surface area (Å²) < 4.78 is 0. The molecule has 40 valence electrons. The van der Waals surface area contributed by atoms with Crippen LogP contribution in [0, 0.1) is 11.3 Å². The van der Waals surface area contributed by atoms with Crippen molar-refractivity contribution in [2.24, 2.45) is 0 Å². The van der Waals surface area contributed by atoms with Gasteiger partial charge in [0.1, 0.15) is 5.54 Å². The summed E-state index contributed by atoms with van der Waals surface area (Å²) in [6.45, 7) is 3.15. The number of hydrogen-bond acceptors (Lipinski definition) is 3. The molecule has 0 radical (unpaired) electrons. The van der Waals surface area contributed by atoms with Crippen molar-refractivity contribution < 1.29 is 5.21 Å². The molecule has 0 heterocycles. The van der Waals surface area contributed by atoms with Gasteiger partial charge in [-0.2, -0.15) is 10.7 Å². The third-order valence-corrected chi connectivity index (χ3v) is 0.559. The van der Waals surface area contributed by atoms with Crippen LogP contribution in [-0.4, -0.2) is 10.7 Å². The Bertz CT molecular complexity index is 92.4. The van der Waals surface area contributed by atoms with Crippen molar-refractivity contribution in [1.29, 1.82) is 5.26 Å². The van der Waals surface area contributed by atoms with E-state index < -0.39 is 5.54 Å². The van der Waals surface area contributed by atoms with Crippen LogP contribution in [0.4, 0.5) is 0 Å². The molecule has 0 saturated heterocycles. The highest BCUT2D eigenvalue weighted by molar-refractivity contribution is 4.97. The lowest BCUT2D eigenvalue weighted by Gasteiger charge is -2.09. The molecule has 0 atom stereocenters. The zero-order chi connectivity index (χ0) is 5.91. The molecular formula is C4H8N2O. The van der Waals surface area contributed by atoms with Crippen molar-refractivity contribution in [2.45, 2.75) is 19.4 Å². The second kappa shape index (κ2) is 1.92. The highest BCUT2D eigenvalue weighted by Gasteiger charge is 2.12. The first-order chi connectivity index (χ1) is 3.12. The van der Waals surface area contributed by atoms with Gasteiger partial charge in [0.25, 0.3) is 0 Å². The maximum atomic E-state index is 8.12. The molecule has 0 aromatic heterocycles. The molecular weight excluding hydrogens is 92.1 g/mol. The molecule has 0 aliphatic rings.